The molecular formula is C5H11ClS. The molecule has 0 N–H and O–H groups in total. The van der Waals surface area contributed by atoms with E-state index in [4.69, 9.17) is 11.6 Å². The lowest BCUT2D eigenvalue weighted by atomic mass is 10.4. The molecule has 0 aliphatic carbocycles. The highest BCUT2D eigenvalue weighted by atomic mass is 35.5. The van der Waals surface area contributed by atoms with Crippen LogP contribution in [0, 0.1) is 0 Å². The van der Waals surface area contributed by atoms with Crippen LogP contribution in [0.25, 0.3) is 0 Å². The molecule has 0 heterocycles. The molecule has 7 heavy (non-hydrogen) atoms. The van der Waals surface area contributed by atoms with E-state index < -0.39 is 0 Å². The SMILES string of the molecule is CSCCCCCl. The topological polar surface area (TPSA) is 0 Å². The number of thioether (sulfide) groups is 1. The molecule has 0 amide bonds. The standard InChI is InChI=1S/C5H11ClS/c1-7-5-3-2-4-6/h2-5H2,1H3. The van der Waals surface area contributed by atoms with Crippen LogP contribution in [-0.2, 0) is 0 Å². The minimum absolute atomic E-state index is 0.820. The van der Waals surface area contributed by atoms with Gasteiger partial charge < -0.3 is 0 Å². The minimum atomic E-state index is 0.820. The van der Waals surface area contributed by atoms with Crippen molar-refractivity contribution in [3.05, 3.63) is 0 Å². The first-order valence-corrected chi connectivity index (χ1v) is 4.39. The van der Waals surface area contributed by atoms with Gasteiger partial charge in [0.05, 0.1) is 0 Å². The Morgan fingerprint density at radius 2 is 2.14 bits per heavy atom. The molecule has 44 valence electrons. The maximum Gasteiger partial charge on any atom is 0.0223 e. The van der Waals surface area contributed by atoms with E-state index in [1.54, 1.807) is 0 Å². The van der Waals surface area contributed by atoms with E-state index in [0.717, 1.165) is 5.88 Å². The van der Waals surface area contributed by atoms with Crippen LogP contribution in [0.5, 0.6) is 0 Å². The minimum Gasteiger partial charge on any atom is -0.165 e. The van der Waals surface area contributed by atoms with Gasteiger partial charge >= 0.3 is 0 Å². The highest BCUT2D eigenvalue weighted by molar-refractivity contribution is 7.98. The lowest BCUT2D eigenvalue weighted by Gasteiger charge is -1.89. The molecule has 2 heteroatoms. The smallest absolute Gasteiger partial charge is 0.0223 e. The van der Waals surface area contributed by atoms with E-state index in [1.807, 2.05) is 11.8 Å². The summed E-state index contributed by atoms with van der Waals surface area (Å²) in [5.41, 5.74) is 0. The molecule has 0 saturated carbocycles. The van der Waals surface area contributed by atoms with E-state index in [1.165, 1.54) is 18.6 Å². The maximum absolute atomic E-state index is 5.43. The summed E-state index contributed by atoms with van der Waals surface area (Å²) in [6, 6.07) is 0. The Morgan fingerprint density at radius 1 is 1.43 bits per heavy atom. The zero-order valence-electron chi connectivity index (χ0n) is 4.61. The first kappa shape index (κ1) is 7.64. The Hall–Kier alpha value is 0.640. The zero-order chi connectivity index (χ0) is 5.54. The van der Waals surface area contributed by atoms with Gasteiger partial charge in [-0.1, -0.05) is 0 Å². The van der Waals surface area contributed by atoms with Gasteiger partial charge in [0, 0.05) is 5.88 Å². The van der Waals surface area contributed by atoms with Crippen molar-refractivity contribution in [1.29, 1.82) is 0 Å². The van der Waals surface area contributed by atoms with Crippen LogP contribution in [0.2, 0.25) is 0 Å². The van der Waals surface area contributed by atoms with Gasteiger partial charge in [-0.2, -0.15) is 11.8 Å². The Kier molecular flexibility index (Phi) is 7.25. The molecule has 0 aliphatic rings. The zero-order valence-corrected chi connectivity index (χ0v) is 6.19. The molecule has 0 atom stereocenters. The van der Waals surface area contributed by atoms with E-state index in [2.05, 4.69) is 6.26 Å². The van der Waals surface area contributed by atoms with Crippen molar-refractivity contribution >= 4 is 23.4 Å². The van der Waals surface area contributed by atoms with Crippen LogP contribution < -0.4 is 0 Å². The fourth-order valence-electron chi connectivity index (χ4n) is 0.341. The fourth-order valence-corrected chi connectivity index (χ4v) is 1.02. The van der Waals surface area contributed by atoms with Gasteiger partial charge in [-0.3, -0.25) is 0 Å². The Balaban J connectivity index is 2.45. The van der Waals surface area contributed by atoms with E-state index in [0.29, 0.717) is 0 Å². The van der Waals surface area contributed by atoms with Crippen LogP contribution in [0.1, 0.15) is 12.8 Å². The highest BCUT2D eigenvalue weighted by Crippen LogP contribution is 1.99. The van der Waals surface area contributed by atoms with Crippen molar-refractivity contribution in [2.45, 2.75) is 12.8 Å². The molecule has 0 unspecified atom stereocenters. The number of unbranched alkanes of at least 4 members (excludes halogenated alkanes) is 1. The predicted octanol–water partition coefficient (Wildman–Crippen LogP) is 2.37. The van der Waals surface area contributed by atoms with E-state index in [9.17, 15) is 0 Å². The molecule has 0 bridgehead atoms. The Morgan fingerprint density at radius 3 is 2.57 bits per heavy atom. The van der Waals surface area contributed by atoms with Gasteiger partial charge in [-0.25, -0.2) is 0 Å². The van der Waals surface area contributed by atoms with Gasteiger partial charge in [-0.15, -0.1) is 11.6 Å². The van der Waals surface area contributed by atoms with Crippen molar-refractivity contribution < 1.29 is 0 Å². The van der Waals surface area contributed by atoms with Crippen molar-refractivity contribution in [3.8, 4) is 0 Å². The lowest BCUT2D eigenvalue weighted by Crippen LogP contribution is -1.78. The maximum atomic E-state index is 5.43. The lowest BCUT2D eigenvalue weighted by molar-refractivity contribution is 0.904. The molecule has 0 rings (SSSR count). The summed E-state index contributed by atoms with van der Waals surface area (Å²) >= 11 is 7.31. The monoisotopic (exact) mass is 138 g/mol. The Labute approximate surface area is 54.6 Å². The summed E-state index contributed by atoms with van der Waals surface area (Å²) < 4.78 is 0. The summed E-state index contributed by atoms with van der Waals surface area (Å²) in [4.78, 5) is 0. The third-order valence-corrected chi connectivity index (χ3v) is 1.70. The molecule has 0 radical (unpaired) electrons. The van der Waals surface area contributed by atoms with Gasteiger partial charge in [0.2, 0.25) is 0 Å². The first-order chi connectivity index (χ1) is 3.41. The van der Waals surface area contributed by atoms with Gasteiger partial charge in [-0.05, 0) is 24.9 Å². The molecule has 0 aliphatic heterocycles. The third-order valence-electron chi connectivity index (χ3n) is 0.732. The normalized spacial score (nSPS) is 9.43. The number of halogens is 1. The molecule has 0 saturated heterocycles. The van der Waals surface area contributed by atoms with Crippen LogP contribution in [0.15, 0.2) is 0 Å². The fraction of sp³-hybridized carbons (Fsp3) is 1.00. The number of rotatable bonds is 4. The second-order valence-corrected chi connectivity index (χ2v) is 2.75. The summed E-state index contributed by atoms with van der Waals surface area (Å²) in [5.74, 6) is 2.08. The quantitative estimate of drug-likeness (QED) is 0.425. The Bertz CT molecular complexity index is 27.3. The third kappa shape index (κ3) is 6.64. The summed E-state index contributed by atoms with van der Waals surface area (Å²) in [6.45, 7) is 0. The second-order valence-electron chi connectivity index (χ2n) is 1.39. The molecule has 0 aromatic heterocycles. The average molecular weight is 139 g/mol. The summed E-state index contributed by atoms with van der Waals surface area (Å²) in [6.07, 6.45) is 4.56. The largest absolute Gasteiger partial charge is 0.165 e. The second kappa shape index (κ2) is 6.64. The van der Waals surface area contributed by atoms with Crippen LogP contribution in [0.3, 0.4) is 0 Å². The number of hydrogen-bond donors (Lipinski definition) is 0. The average Bonchev–Trinajstić information content (AvgIpc) is 1.69. The molecule has 0 aromatic carbocycles. The van der Waals surface area contributed by atoms with E-state index in [-0.39, 0.29) is 0 Å². The highest BCUT2D eigenvalue weighted by Gasteiger charge is 1.81. The van der Waals surface area contributed by atoms with Crippen LogP contribution in [-0.4, -0.2) is 17.9 Å². The van der Waals surface area contributed by atoms with Gasteiger partial charge in [0.15, 0.2) is 0 Å². The number of hydrogen-bond acceptors (Lipinski definition) is 1. The van der Waals surface area contributed by atoms with E-state index >= 15 is 0 Å². The molecule has 0 fully saturated rings. The van der Waals surface area contributed by atoms with Crippen molar-refractivity contribution in [1.82, 2.24) is 0 Å². The molecule has 0 aromatic rings. The number of alkyl halides is 1. The van der Waals surface area contributed by atoms with Gasteiger partial charge in [0.1, 0.15) is 0 Å². The molecule has 0 nitrogen and oxygen atoms in total. The van der Waals surface area contributed by atoms with Gasteiger partial charge in [0.25, 0.3) is 0 Å². The summed E-state index contributed by atoms with van der Waals surface area (Å²) in [7, 11) is 0. The predicted molar refractivity (Wildman–Crippen MR) is 38.3 cm³/mol. The molecule has 0 spiro atoms. The van der Waals surface area contributed by atoms with Crippen molar-refractivity contribution in [3.63, 3.8) is 0 Å². The summed E-state index contributed by atoms with van der Waals surface area (Å²) in [5, 5.41) is 0. The van der Waals surface area contributed by atoms with Crippen molar-refractivity contribution in [2.75, 3.05) is 17.9 Å². The van der Waals surface area contributed by atoms with Crippen LogP contribution in [0.4, 0.5) is 0 Å². The van der Waals surface area contributed by atoms with Crippen LogP contribution >= 0.6 is 23.4 Å². The first-order valence-electron chi connectivity index (χ1n) is 2.46. The molecular weight excluding hydrogens is 128 g/mol. The van der Waals surface area contributed by atoms with Crippen molar-refractivity contribution in [2.24, 2.45) is 0 Å².